The second kappa shape index (κ2) is 7.13. The Morgan fingerprint density at radius 2 is 2.12 bits per heavy atom. The Morgan fingerprint density at radius 3 is 2.79 bits per heavy atom. The van der Waals surface area contributed by atoms with Gasteiger partial charge in [-0.25, -0.2) is 4.98 Å². The van der Waals surface area contributed by atoms with Gasteiger partial charge < -0.3 is 10.2 Å². The van der Waals surface area contributed by atoms with Crippen LogP contribution in [0, 0.1) is 5.92 Å². The summed E-state index contributed by atoms with van der Waals surface area (Å²) in [5.74, 6) is -0.262. The Labute approximate surface area is 145 Å². The Hall–Kier alpha value is -2.21. The highest BCUT2D eigenvalue weighted by Crippen LogP contribution is 2.22. The molecule has 2 aromatic rings. The fourth-order valence-corrected chi connectivity index (χ4v) is 3.59. The molecule has 0 spiro atoms. The standard InChI is InChI=1S/C18H21N3O2S/c1-12(2)21-10-14(8-17(21)22)18(23)19-9-16-20-15(11-24-16)13-6-4-3-5-7-13/h3-7,11-12,14H,8-10H2,1-2H3,(H,19,23). The van der Waals surface area contributed by atoms with E-state index in [0.717, 1.165) is 16.3 Å². The number of thiazole rings is 1. The number of amides is 2. The monoisotopic (exact) mass is 343 g/mol. The van der Waals surface area contributed by atoms with Gasteiger partial charge in [0.2, 0.25) is 11.8 Å². The third-order valence-corrected chi connectivity index (χ3v) is 5.04. The van der Waals surface area contributed by atoms with Crippen molar-refractivity contribution in [3.8, 4) is 11.3 Å². The van der Waals surface area contributed by atoms with Crippen LogP contribution >= 0.6 is 11.3 Å². The lowest BCUT2D eigenvalue weighted by Gasteiger charge is -2.20. The molecular weight excluding hydrogens is 322 g/mol. The minimum absolute atomic E-state index is 0.0609. The quantitative estimate of drug-likeness (QED) is 0.908. The Bertz CT molecular complexity index is 727. The van der Waals surface area contributed by atoms with Crippen LogP contribution in [-0.4, -0.2) is 34.3 Å². The molecule has 2 heterocycles. The zero-order chi connectivity index (χ0) is 17.1. The molecule has 3 rings (SSSR count). The van der Waals surface area contributed by atoms with Crippen LogP contribution in [0.4, 0.5) is 0 Å². The van der Waals surface area contributed by atoms with Crippen molar-refractivity contribution in [1.29, 1.82) is 0 Å². The third kappa shape index (κ3) is 3.64. The van der Waals surface area contributed by atoms with E-state index in [9.17, 15) is 9.59 Å². The summed E-state index contributed by atoms with van der Waals surface area (Å²) >= 11 is 1.53. The van der Waals surface area contributed by atoms with E-state index >= 15 is 0 Å². The van der Waals surface area contributed by atoms with Gasteiger partial charge >= 0.3 is 0 Å². The van der Waals surface area contributed by atoms with Crippen LogP contribution in [0.25, 0.3) is 11.3 Å². The molecule has 0 saturated carbocycles. The van der Waals surface area contributed by atoms with Gasteiger partial charge in [0.1, 0.15) is 5.01 Å². The Morgan fingerprint density at radius 1 is 1.38 bits per heavy atom. The number of hydrogen-bond donors (Lipinski definition) is 1. The van der Waals surface area contributed by atoms with Crippen LogP contribution in [0.2, 0.25) is 0 Å². The summed E-state index contributed by atoms with van der Waals surface area (Å²) < 4.78 is 0. The summed E-state index contributed by atoms with van der Waals surface area (Å²) in [6, 6.07) is 10.1. The van der Waals surface area contributed by atoms with Gasteiger partial charge in [0, 0.05) is 30.0 Å². The van der Waals surface area contributed by atoms with Gasteiger partial charge in [-0.2, -0.15) is 0 Å². The molecule has 0 aliphatic carbocycles. The number of nitrogens with zero attached hydrogens (tertiary/aromatic N) is 2. The first kappa shape index (κ1) is 16.6. The minimum atomic E-state index is -0.256. The van der Waals surface area contributed by atoms with Crippen LogP contribution < -0.4 is 5.32 Å². The third-order valence-electron chi connectivity index (χ3n) is 4.19. The SMILES string of the molecule is CC(C)N1CC(C(=O)NCc2nc(-c3ccccc3)cs2)CC1=O. The number of rotatable bonds is 5. The molecule has 1 fully saturated rings. The van der Waals surface area contributed by atoms with Crippen LogP contribution in [0.3, 0.4) is 0 Å². The molecule has 1 aliphatic rings. The number of benzene rings is 1. The predicted octanol–water partition coefficient (Wildman–Crippen LogP) is 2.68. The molecule has 0 bridgehead atoms. The summed E-state index contributed by atoms with van der Waals surface area (Å²) in [4.78, 5) is 30.5. The van der Waals surface area contributed by atoms with E-state index in [4.69, 9.17) is 0 Å². The van der Waals surface area contributed by atoms with Gasteiger partial charge in [0.25, 0.3) is 0 Å². The Kier molecular flexibility index (Phi) is 4.94. The first-order chi connectivity index (χ1) is 11.5. The number of hydrogen-bond acceptors (Lipinski definition) is 4. The maximum atomic E-state index is 12.3. The lowest BCUT2D eigenvalue weighted by molar-refractivity contribution is -0.129. The predicted molar refractivity (Wildman–Crippen MR) is 94.4 cm³/mol. The highest BCUT2D eigenvalue weighted by Gasteiger charge is 2.35. The second-order valence-corrected chi connectivity index (χ2v) is 7.19. The molecule has 126 valence electrons. The molecular formula is C18H21N3O2S. The maximum absolute atomic E-state index is 12.3. The van der Waals surface area contributed by atoms with Crippen molar-refractivity contribution in [2.75, 3.05) is 6.54 Å². The molecule has 5 nitrogen and oxygen atoms in total. The van der Waals surface area contributed by atoms with Crippen molar-refractivity contribution in [3.05, 3.63) is 40.7 Å². The summed E-state index contributed by atoms with van der Waals surface area (Å²) in [6.45, 7) is 4.86. The fraction of sp³-hybridized carbons (Fsp3) is 0.389. The van der Waals surface area contributed by atoms with Gasteiger partial charge in [0.15, 0.2) is 0 Å². The van der Waals surface area contributed by atoms with Crippen molar-refractivity contribution in [2.45, 2.75) is 32.9 Å². The smallest absolute Gasteiger partial charge is 0.225 e. The van der Waals surface area contributed by atoms with Crippen LogP contribution in [0.1, 0.15) is 25.3 Å². The molecule has 1 aromatic carbocycles. The van der Waals surface area contributed by atoms with E-state index in [2.05, 4.69) is 10.3 Å². The summed E-state index contributed by atoms with van der Waals surface area (Å²) in [6.07, 6.45) is 0.303. The van der Waals surface area contributed by atoms with Crippen LogP contribution in [0.15, 0.2) is 35.7 Å². The maximum Gasteiger partial charge on any atom is 0.225 e. The summed E-state index contributed by atoms with van der Waals surface area (Å²) in [7, 11) is 0. The zero-order valence-corrected chi connectivity index (χ0v) is 14.7. The Balaban J connectivity index is 1.56. The average molecular weight is 343 g/mol. The largest absolute Gasteiger partial charge is 0.349 e. The fourth-order valence-electron chi connectivity index (χ4n) is 2.85. The molecule has 6 heteroatoms. The van der Waals surface area contributed by atoms with E-state index in [1.165, 1.54) is 11.3 Å². The first-order valence-corrected chi connectivity index (χ1v) is 8.99. The molecule has 2 amide bonds. The van der Waals surface area contributed by atoms with Gasteiger partial charge in [0.05, 0.1) is 18.2 Å². The summed E-state index contributed by atoms with van der Waals surface area (Å²) in [5, 5.41) is 5.78. The second-order valence-electron chi connectivity index (χ2n) is 6.25. The lowest BCUT2D eigenvalue weighted by atomic mass is 10.1. The van der Waals surface area contributed by atoms with Crippen molar-refractivity contribution < 1.29 is 9.59 Å². The van der Waals surface area contributed by atoms with Gasteiger partial charge in [-0.3, -0.25) is 9.59 Å². The number of carbonyl (C=O) groups excluding carboxylic acids is 2. The average Bonchev–Trinajstić information content (AvgIpc) is 3.20. The number of aromatic nitrogens is 1. The van der Waals surface area contributed by atoms with Crippen LogP contribution in [0.5, 0.6) is 0 Å². The molecule has 0 radical (unpaired) electrons. The number of nitrogens with one attached hydrogen (secondary N) is 1. The number of carbonyl (C=O) groups is 2. The summed E-state index contributed by atoms with van der Waals surface area (Å²) in [5.41, 5.74) is 1.99. The van der Waals surface area contributed by atoms with E-state index in [0.29, 0.717) is 19.5 Å². The van der Waals surface area contributed by atoms with Gasteiger partial charge in [-0.1, -0.05) is 30.3 Å². The minimum Gasteiger partial charge on any atom is -0.349 e. The molecule has 1 atom stereocenters. The highest BCUT2D eigenvalue weighted by atomic mass is 32.1. The molecule has 1 N–H and O–H groups in total. The van der Waals surface area contributed by atoms with Crippen LogP contribution in [-0.2, 0) is 16.1 Å². The number of likely N-dealkylation sites (tertiary alicyclic amines) is 1. The molecule has 1 saturated heterocycles. The molecule has 24 heavy (non-hydrogen) atoms. The van der Waals surface area contributed by atoms with Gasteiger partial charge in [-0.15, -0.1) is 11.3 Å². The normalized spacial score (nSPS) is 17.5. The van der Waals surface area contributed by atoms with E-state index < -0.39 is 0 Å². The molecule has 1 unspecified atom stereocenters. The molecule has 1 aliphatic heterocycles. The van der Waals surface area contributed by atoms with Crippen molar-refractivity contribution in [3.63, 3.8) is 0 Å². The van der Waals surface area contributed by atoms with E-state index in [-0.39, 0.29) is 23.8 Å². The van der Waals surface area contributed by atoms with Crippen molar-refractivity contribution >= 4 is 23.2 Å². The van der Waals surface area contributed by atoms with E-state index in [1.54, 1.807) is 4.90 Å². The molecule has 1 aromatic heterocycles. The van der Waals surface area contributed by atoms with Crippen molar-refractivity contribution in [1.82, 2.24) is 15.2 Å². The van der Waals surface area contributed by atoms with Gasteiger partial charge in [-0.05, 0) is 13.8 Å². The van der Waals surface area contributed by atoms with E-state index in [1.807, 2.05) is 49.6 Å². The zero-order valence-electron chi connectivity index (χ0n) is 13.9. The lowest BCUT2D eigenvalue weighted by Crippen LogP contribution is -2.35. The topological polar surface area (TPSA) is 62.3 Å². The first-order valence-electron chi connectivity index (χ1n) is 8.11. The highest BCUT2D eigenvalue weighted by molar-refractivity contribution is 7.09. The van der Waals surface area contributed by atoms with Crippen molar-refractivity contribution in [2.24, 2.45) is 5.92 Å².